The van der Waals surface area contributed by atoms with Gasteiger partial charge in [0, 0.05) is 38.6 Å². The molecule has 3 rings (SSSR count). The molecular formula is C14H20N2O2. The van der Waals surface area contributed by atoms with Crippen LogP contribution in [0, 0.1) is 0 Å². The van der Waals surface area contributed by atoms with Crippen LogP contribution in [0.15, 0.2) is 24.3 Å². The van der Waals surface area contributed by atoms with E-state index in [-0.39, 0.29) is 0 Å². The Morgan fingerprint density at radius 2 is 1.61 bits per heavy atom. The topological polar surface area (TPSA) is 31.5 Å². The maximum absolute atomic E-state index is 5.35. The minimum atomic E-state index is 0.409. The summed E-state index contributed by atoms with van der Waals surface area (Å²) in [7, 11) is 4.13. The monoisotopic (exact) mass is 248 g/mol. The Morgan fingerprint density at radius 1 is 1.06 bits per heavy atom. The Balaban J connectivity index is 1.75. The van der Waals surface area contributed by atoms with Crippen molar-refractivity contribution >= 4 is 11.4 Å². The van der Waals surface area contributed by atoms with E-state index in [4.69, 9.17) is 9.47 Å². The third-order valence-electron chi connectivity index (χ3n) is 3.36. The minimum Gasteiger partial charge on any atom is -0.378 e. The van der Waals surface area contributed by atoms with Gasteiger partial charge in [-0.2, -0.15) is 0 Å². The first kappa shape index (κ1) is 11.8. The summed E-state index contributed by atoms with van der Waals surface area (Å²) in [4.78, 5) is 4.51. The molecular weight excluding hydrogens is 228 g/mol. The van der Waals surface area contributed by atoms with Crippen molar-refractivity contribution in [1.82, 2.24) is 0 Å². The van der Waals surface area contributed by atoms with E-state index in [1.807, 2.05) is 0 Å². The second-order valence-electron chi connectivity index (χ2n) is 5.23. The van der Waals surface area contributed by atoms with Crippen molar-refractivity contribution < 1.29 is 9.47 Å². The molecule has 4 nitrogen and oxygen atoms in total. The minimum absolute atomic E-state index is 0.409. The lowest BCUT2D eigenvalue weighted by molar-refractivity contribution is 0.389. The molecule has 2 fully saturated rings. The number of epoxide rings is 2. The molecule has 2 atom stereocenters. The highest BCUT2D eigenvalue weighted by atomic mass is 16.6. The van der Waals surface area contributed by atoms with Crippen molar-refractivity contribution in [2.75, 3.05) is 50.2 Å². The molecule has 0 radical (unpaired) electrons. The summed E-state index contributed by atoms with van der Waals surface area (Å²) in [6.07, 6.45) is 0.818. The molecule has 98 valence electrons. The number of anilines is 2. The van der Waals surface area contributed by atoms with E-state index in [1.165, 1.54) is 11.4 Å². The van der Waals surface area contributed by atoms with Crippen LogP contribution in [0.5, 0.6) is 0 Å². The lowest BCUT2D eigenvalue weighted by Crippen LogP contribution is -2.31. The Labute approximate surface area is 108 Å². The van der Waals surface area contributed by atoms with Gasteiger partial charge in [-0.25, -0.2) is 0 Å². The molecule has 0 amide bonds. The molecule has 2 heterocycles. The predicted octanol–water partition coefficient (Wildman–Crippen LogP) is 1.36. The molecule has 2 saturated heterocycles. The van der Waals surface area contributed by atoms with Gasteiger partial charge in [0.1, 0.15) is 0 Å². The van der Waals surface area contributed by atoms with Crippen LogP contribution < -0.4 is 9.80 Å². The molecule has 0 spiro atoms. The molecule has 1 aromatic carbocycles. The van der Waals surface area contributed by atoms with Crippen molar-refractivity contribution in [1.29, 1.82) is 0 Å². The van der Waals surface area contributed by atoms with Gasteiger partial charge in [-0.3, -0.25) is 0 Å². The quantitative estimate of drug-likeness (QED) is 0.711. The largest absolute Gasteiger partial charge is 0.378 e. The van der Waals surface area contributed by atoms with Gasteiger partial charge >= 0.3 is 0 Å². The summed E-state index contributed by atoms with van der Waals surface area (Å²) in [6.45, 7) is 3.73. The second-order valence-corrected chi connectivity index (χ2v) is 5.23. The number of nitrogens with zero attached hydrogens (tertiary/aromatic N) is 2. The Hall–Kier alpha value is -1.26. The SMILES string of the molecule is CN(C)c1cccc(N(CC2CO2)CC2CO2)c1. The zero-order chi connectivity index (χ0) is 12.5. The van der Waals surface area contributed by atoms with E-state index in [2.05, 4.69) is 48.2 Å². The molecule has 4 heteroatoms. The lowest BCUT2D eigenvalue weighted by atomic mass is 10.2. The van der Waals surface area contributed by atoms with Crippen molar-refractivity contribution in [3.05, 3.63) is 24.3 Å². The first-order valence-corrected chi connectivity index (χ1v) is 6.48. The molecule has 0 N–H and O–H groups in total. The van der Waals surface area contributed by atoms with E-state index < -0.39 is 0 Å². The number of hydrogen-bond acceptors (Lipinski definition) is 4. The van der Waals surface area contributed by atoms with Crippen molar-refractivity contribution in [3.63, 3.8) is 0 Å². The molecule has 0 aromatic heterocycles. The summed E-state index contributed by atoms with van der Waals surface area (Å²) in [5, 5.41) is 0. The van der Waals surface area contributed by atoms with Crippen LogP contribution in [0.1, 0.15) is 0 Å². The van der Waals surface area contributed by atoms with Crippen LogP contribution in [0.4, 0.5) is 11.4 Å². The lowest BCUT2D eigenvalue weighted by Gasteiger charge is -2.25. The normalized spacial score (nSPS) is 24.8. The highest BCUT2D eigenvalue weighted by Gasteiger charge is 2.30. The zero-order valence-electron chi connectivity index (χ0n) is 11.0. The molecule has 1 aromatic rings. The van der Waals surface area contributed by atoms with Gasteiger partial charge in [0.05, 0.1) is 25.4 Å². The van der Waals surface area contributed by atoms with Crippen LogP contribution >= 0.6 is 0 Å². The highest BCUT2D eigenvalue weighted by molar-refractivity contribution is 5.59. The summed E-state index contributed by atoms with van der Waals surface area (Å²) < 4.78 is 10.7. The highest BCUT2D eigenvalue weighted by Crippen LogP contribution is 2.25. The number of benzene rings is 1. The molecule has 0 bridgehead atoms. The summed E-state index contributed by atoms with van der Waals surface area (Å²) >= 11 is 0. The number of rotatable bonds is 6. The first-order valence-electron chi connectivity index (χ1n) is 6.48. The van der Waals surface area contributed by atoms with E-state index in [9.17, 15) is 0 Å². The molecule has 2 unspecified atom stereocenters. The van der Waals surface area contributed by atoms with Gasteiger partial charge in [-0.1, -0.05) is 6.07 Å². The van der Waals surface area contributed by atoms with Gasteiger partial charge in [0.15, 0.2) is 0 Å². The van der Waals surface area contributed by atoms with Crippen molar-refractivity contribution in [2.45, 2.75) is 12.2 Å². The fourth-order valence-corrected chi connectivity index (χ4v) is 2.09. The fourth-order valence-electron chi connectivity index (χ4n) is 2.09. The van der Waals surface area contributed by atoms with Crippen LogP contribution in [0.25, 0.3) is 0 Å². The molecule has 18 heavy (non-hydrogen) atoms. The third kappa shape index (κ3) is 2.94. The smallest absolute Gasteiger partial charge is 0.0984 e. The standard InChI is InChI=1S/C14H20N2O2/c1-15(2)11-4-3-5-12(6-11)16(7-13-9-17-13)8-14-10-18-14/h3-6,13-14H,7-10H2,1-2H3. The van der Waals surface area contributed by atoms with Crippen LogP contribution in [-0.2, 0) is 9.47 Å². The van der Waals surface area contributed by atoms with Gasteiger partial charge < -0.3 is 19.3 Å². The average Bonchev–Trinajstić information content (AvgIpc) is 3.23. The van der Waals surface area contributed by atoms with Crippen LogP contribution in [-0.4, -0.2) is 52.6 Å². The predicted molar refractivity (Wildman–Crippen MR) is 72.5 cm³/mol. The van der Waals surface area contributed by atoms with Gasteiger partial charge in [-0.05, 0) is 18.2 Å². The van der Waals surface area contributed by atoms with E-state index in [0.717, 1.165) is 26.3 Å². The molecule has 2 aliphatic heterocycles. The van der Waals surface area contributed by atoms with Crippen LogP contribution in [0.3, 0.4) is 0 Å². The third-order valence-corrected chi connectivity index (χ3v) is 3.36. The Bertz CT molecular complexity index is 400. The van der Waals surface area contributed by atoms with E-state index in [0.29, 0.717) is 12.2 Å². The fraction of sp³-hybridized carbons (Fsp3) is 0.571. The first-order chi connectivity index (χ1) is 8.72. The molecule has 0 aliphatic carbocycles. The van der Waals surface area contributed by atoms with Crippen molar-refractivity contribution in [3.8, 4) is 0 Å². The van der Waals surface area contributed by atoms with E-state index >= 15 is 0 Å². The summed E-state index contributed by atoms with van der Waals surface area (Å²) in [6, 6.07) is 8.63. The van der Waals surface area contributed by atoms with Crippen LogP contribution in [0.2, 0.25) is 0 Å². The molecule has 2 aliphatic rings. The van der Waals surface area contributed by atoms with Gasteiger partial charge in [-0.15, -0.1) is 0 Å². The summed E-state index contributed by atoms with van der Waals surface area (Å²) in [5.74, 6) is 0. The Morgan fingerprint density at radius 3 is 2.11 bits per heavy atom. The summed E-state index contributed by atoms with van der Waals surface area (Å²) in [5.41, 5.74) is 2.48. The number of hydrogen-bond donors (Lipinski definition) is 0. The van der Waals surface area contributed by atoms with Crippen molar-refractivity contribution in [2.24, 2.45) is 0 Å². The second kappa shape index (κ2) is 4.78. The van der Waals surface area contributed by atoms with Gasteiger partial charge in [0.25, 0.3) is 0 Å². The zero-order valence-corrected chi connectivity index (χ0v) is 11.0. The average molecular weight is 248 g/mol. The number of ether oxygens (including phenoxy) is 2. The van der Waals surface area contributed by atoms with E-state index in [1.54, 1.807) is 0 Å². The maximum atomic E-state index is 5.35. The Kier molecular flexibility index (Phi) is 3.14. The van der Waals surface area contributed by atoms with Gasteiger partial charge in [0.2, 0.25) is 0 Å². The molecule has 0 saturated carbocycles. The maximum Gasteiger partial charge on any atom is 0.0984 e.